The van der Waals surface area contributed by atoms with Gasteiger partial charge in [-0.25, -0.2) is 4.79 Å². The molecular formula is C15H21NO5. The third kappa shape index (κ3) is 4.66. The van der Waals surface area contributed by atoms with Gasteiger partial charge >= 0.3 is 12.1 Å². The molecule has 116 valence electrons. The van der Waals surface area contributed by atoms with Crippen molar-refractivity contribution in [3.05, 3.63) is 23.8 Å². The molecule has 0 fully saturated rings. The summed E-state index contributed by atoms with van der Waals surface area (Å²) in [6, 6.07) is 4.59. The number of rotatable bonds is 4. The number of para-hydroxylation sites is 1. The number of carbonyl (C=O) groups excluding carboxylic acids is 1. The van der Waals surface area contributed by atoms with Crippen LogP contribution in [-0.2, 0) is 9.53 Å². The van der Waals surface area contributed by atoms with Gasteiger partial charge in [-0.05, 0) is 33.3 Å². The van der Waals surface area contributed by atoms with Crippen LogP contribution in [0, 0.1) is 0 Å². The summed E-state index contributed by atoms with van der Waals surface area (Å²) in [5.41, 5.74) is -0.273. The van der Waals surface area contributed by atoms with Gasteiger partial charge in [0.05, 0.1) is 11.6 Å². The minimum Gasteiger partial charge on any atom is -0.505 e. The molecule has 1 aromatic rings. The van der Waals surface area contributed by atoms with Crippen molar-refractivity contribution in [2.75, 3.05) is 5.32 Å². The third-order valence-corrected chi connectivity index (χ3v) is 2.78. The Morgan fingerprint density at radius 2 is 1.95 bits per heavy atom. The van der Waals surface area contributed by atoms with Gasteiger partial charge in [0.2, 0.25) is 0 Å². The van der Waals surface area contributed by atoms with E-state index in [-0.39, 0.29) is 17.0 Å². The van der Waals surface area contributed by atoms with Crippen LogP contribution in [0.3, 0.4) is 0 Å². The van der Waals surface area contributed by atoms with Crippen LogP contribution in [0.5, 0.6) is 5.75 Å². The molecule has 1 atom stereocenters. The van der Waals surface area contributed by atoms with Gasteiger partial charge in [-0.3, -0.25) is 10.1 Å². The summed E-state index contributed by atoms with van der Waals surface area (Å²) >= 11 is 0. The number of amides is 1. The summed E-state index contributed by atoms with van der Waals surface area (Å²) in [5, 5.41) is 21.7. The topological polar surface area (TPSA) is 95.9 Å². The molecule has 0 saturated carbocycles. The molecule has 0 radical (unpaired) electrons. The molecule has 0 spiro atoms. The Hall–Kier alpha value is -2.24. The van der Waals surface area contributed by atoms with Crippen molar-refractivity contribution in [3.8, 4) is 5.75 Å². The average molecular weight is 295 g/mol. The van der Waals surface area contributed by atoms with E-state index in [1.807, 2.05) is 0 Å². The van der Waals surface area contributed by atoms with Crippen molar-refractivity contribution < 1.29 is 24.5 Å². The molecule has 0 heterocycles. The number of aromatic hydroxyl groups is 1. The van der Waals surface area contributed by atoms with Crippen LogP contribution in [0.1, 0.15) is 45.6 Å². The zero-order valence-corrected chi connectivity index (χ0v) is 12.6. The first-order chi connectivity index (χ1) is 9.65. The Morgan fingerprint density at radius 1 is 1.33 bits per heavy atom. The SMILES string of the molecule is CC[C@H](C(=O)O)c1cccc(NC(=O)OC(C)(C)C)c1O. The molecule has 21 heavy (non-hydrogen) atoms. The van der Waals surface area contributed by atoms with E-state index in [9.17, 15) is 14.7 Å². The lowest BCUT2D eigenvalue weighted by atomic mass is 9.95. The number of carboxylic acid groups (broad SMARTS) is 1. The lowest BCUT2D eigenvalue weighted by molar-refractivity contribution is -0.138. The Morgan fingerprint density at radius 3 is 2.43 bits per heavy atom. The molecule has 6 nitrogen and oxygen atoms in total. The van der Waals surface area contributed by atoms with Crippen molar-refractivity contribution in [2.24, 2.45) is 0 Å². The Bertz CT molecular complexity index is 533. The van der Waals surface area contributed by atoms with Gasteiger partial charge in [-0.2, -0.15) is 0 Å². The number of aliphatic carboxylic acids is 1. The number of anilines is 1. The van der Waals surface area contributed by atoms with Crippen LogP contribution in [0.2, 0.25) is 0 Å². The van der Waals surface area contributed by atoms with Crippen LogP contribution in [0.4, 0.5) is 10.5 Å². The van der Waals surface area contributed by atoms with E-state index in [2.05, 4.69) is 5.32 Å². The highest BCUT2D eigenvalue weighted by Gasteiger charge is 2.23. The van der Waals surface area contributed by atoms with Crippen molar-refractivity contribution in [2.45, 2.75) is 45.6 Å². The van der Waals surface area contributed by atoms with E-state index in [0.717, 1.165) is 0 Å². The summed E-state index contributed by atoms with van der Waals surface area (Å²) in [4.78, 5) is 22.9. The van der Waals surface area contributed by atoms with Crippen molar-refractivity contribution in [1.82, 2.24) is 0 Å². The fourth-order valence-electron chi connectivity index (χ4n) is 1.88. The Kier molecular flexibility index (Phi) is 5.18. The second-order valence-corrected chi connectivity index (χ2v) is 5.67. The van der Waals surface area contributed by atoms with Crippen LogP contribution >= 0.6 is 0 Å². The number of phenols is 1. The number of ether oxygens (including phenoxy) is 1. The maximum atomic E-state index is 11.7. The van der Waals surface area contributed by atoms with E-state index < -0.39 is 23.6 Å². The Labute approximate surface area is 123 Å². The number of carboxylic acids is 1. The lowest BCUT2D eigenvalue weighted by Crippen LogP contribution is -2.27. The van der Waals surface area contributed by atoms with Gasteiger partial charge in [0, 0.05) is 5.56 Å². The fraction of sp³-hybridized carbons (Fsp3) is 0.467. The smallest absolute Gasteiger partial charge is 0.412 e. The van der Waals surface area contributed by atoms with Crippen LogP contribution in [0.15, 0.2) is 18.2 Å². The molecule has 0 aliphatic heterocycles. The normalized spacial score (nSPS) is 12.6. The molecular weight excluding hydrogens is 274 g/mol. The molecule has 0 bridgehead atoms. The van der Waals surface area contributed by atoms with Gasteiger partial charge in [-0.1, -0.05) is 19.1 Å². The molecule has 0 aliphatic rings. The largest absolute Gasteiger partial charge is 0.505 e. The van der Waals surface area contributed by atoms with E-state index in [4.69, 9.17) is 9.84 Å². The zero-order chi connectivity index (χ0) is 16.2. The predicted molar refractivity (Wildman–Crippen MR) is 78.6 cm³/mol. The van der Waals surface area contributed by atoms with E-state index in [1.54, 1.807) is 33.8 Å². The zero-order valence-electron chi connectivity index (χ0n) is 12.6. The van der Waals surface area contributed by atoms with Crippen molar-refractivity contribution in [3.63, 3.8) is 0 Å². The van der Waals surface area contributed by atoms with Crippen molar-refractivity contribution >= 4 is 17.7 Å². The minimum atomic E-state index is -1.03. The highest BCUT2D eigenvalue weighted by molar-refractivity contribution is 5.88. The summed E-state index contributed by atoms with van der Waals surface area (Å²) in [5.74, 6) is -2.11. The molecule has 6 heteroatoms. The summed E-state index contributed by atoms with van der Waals surface area (Å²) in [7, 11) is 0. The molecule has 1 aromatic carbocycles. The first-order valence-corrected chi connectivity index (χ1v) is 6.70. The number of nitrogens with one attached hydrogen (secondary N) is 1. The maximum Gasteiger partial charge on any atom is 0.412 e. The minimum absolute atomic E-state index is 0.126. The maximum absolute atomic E-state index is 11.7. The monoisotopic (exact) mass is 295 g/mol. The molecule has 0 unspecified atom stereocenters. The van der Waals surface area contributed by atoms with Gasteiger partial charge in [0.1, 0.15) is 11.4 Å². The Balaban J connectivity index is 3.01. The highest BCUT2D eigenvalue weighted by Crippen LogP contribution is 2.34. The van der Waals surface area contributed by atoms with Gasteiger partial charge in [-0.15, -0.1) is 0 Å². The van der Waals surface area contributed by atoms with Gasteiger partial charge in [0.25, 0.3) is 0 Å². The molecule has 3 N–H and O–H groups in total. The van der Waals surface area contributed by atoms with Crippen molar-refractivity contribution in [1.29, 1.82) is 0 Å². The molecule has 0 saturated heterocycles. The summed E-state index contributed by atoms with van der Waals surface area (Å²) < 4.78 is 5.09. The number of benzene rings is 1. The number of hydrogen-bond acceptors (Lipinski definition) is 4. The number of phenolic OH excluding ortho intramolecular Hbond substituents is 1. The quantitative estimate of drug-likeness (QED) is 0.740. The lowest BCUT2D eigenvalue weighted by Gasteiger charge is -2.20. The van der Waals surface area contributed by atoms with Gasteiger partial charge in [0.15, 0.2) is 0 Å². The van der Waals surface area contributed by atoms with Crippen LogP contribution < -0.4 is 5.32 Å². The standard InChI is InChI=1S/C15H21NO5/c1-5-9(13(18)19)10-7-6-8-11(12(10)17)16-14(20)21-15(2,3)4/h6-9,17H,5H2,1-4H3,(H,16,20)(H,18,19)/t9-/m0/s1. The highest BCUT2D eigenvalue weighted by atomic mass is 16.6. The van der Waals surface area contributed by atoms with Gasteiger partial charge < -0.3 is 14.9 Å². The molecule has 1 amide bonds. The predicted octanol–water partition coefficient (Wildman–Crippen LogP) is 3.32. The summed E-state index contributed by atoms with van der Waals surface area (Å²) in [6.07, 6.45) is -0.378. The molecule has 1 rings (SSSR count). The number of carbonyl (C=O) groups is 2. The van der Waals surface area contributed by atoms with E-state index in [1.165, 1.54) is 12.1 Å². The van der Waals surface area contributed by atoms with Crippen LogP contribution in [-0.4, -0.2) is 27.9 Å². The summed E-state index contributed by atoms with van der Waals surface area (Å²) in [6.45, 7) is 6.88. The molecule has 0 aromatic heterocycles. The third-order valence-electron chi connectivity index (χ3n) is 2.78. The number of hydrogen-bond donors (Lipinski definition) is 3. The first kappa shape index (κ1) is 16.8. The second kappa shape index (κ2) is 6.47. The van der Waals surface area contributed by atoms with E-state index in [0.29, 0.717) is 6.42 Å². The average Bonchev–Trinajstić information content (AvgIpc) is 2.31. The fourth-order valence-corrected chi connectivity index (χ4v) is 1.88. The first-order valence-electron chi connectivity index (χ1n) is 6.70. The molecule has 0 aliphatic carbocycles. The second-order valence-electron chi connectivity index (χ2n) is 5.67. The van der Waals surface area contributed by atoms with E-state index >= 15 is 0 Å². The van der Waals surface area contributed by atoms with Crippen LogP contribution in [0.25, 0.3) is 0 Å².